The van der Waals surface area contributed by atoms with Gasteiger partial charge in [0, 0.05) is 13.1 Å². The molecule has 0 spiro atoms. The maximum Gasteiger partial charge on any atom is 0.255 e. The van der Waals surface area contributed by atoms with E-state index >= 15 is 0 Å². The van der Waals surface area contributed by atoms with Crippen molar-refractivity contribution < 1.29 is 4.79 Å². The van der Waals surface area contributed by atoms with Crippen molar-refractivity contribution in [2.45, 2.75) is 32.5 Å². The van der Waals surface area contributed by atoms with Crippen LogP contribution in [0.5, 0.6) is 0 Å². The first-order valence-corrected chi connectivity index (χ1v) is 6.19. The average molecular weight is 257 g/mol. The Kier molecular flexibility index (Phi) is 14.0. The maximum absolute atomic E-state index is 11.0. The molecule has 0 heterocycles. The third kappa shape index (κ3) is 10.3. The number of carbonyl (C=O) groups excluding carboxylic acids is 1. The van der Waals surface area contributed by atoms with E-state index < -0.39 is 4.84 Å². The van der Waals surface area contributed by atoms with Crippen molar-refractivity contribution in [1.29, 1.82) is 0 Å². The Labute approximate surface area is 103 Å². The number of halogens is 2. The van der Waals surface area contributed by atoms with Gasteiger partial charge in [-0.1, -0.05) is 37.0 Å². The molecule has 0 aliphatic carbocycles. The van der Waals surface area contributed by atoms with Crippen LogP contribution in [-0.4, -0.2) is 41.8 Å². The number of rotatable bonds is 5. The molecule has 0 fully saturated rings. The van der Waals surface area contributed by atoms with E-state index in [0.717, 1.165) is 13.1 Å². The fraction of sp³-hybridized carbons (Fsp3) is 0.900. The van der Waals surface area contributed by atoms with E-state index in [1.165, 1.54) is 0 Å². The molecule has 0 bridgehead atoms. The van der Waals surface area contributed by atoms with E-state index in [2.05, 4.69) is 19.2 Å². The predicted molar refractivity (Wildman–Crippen MR) is 67.6 cm³/mol. The van der Waals surface area contributed by atoms with Crippen LogP contribution in [0, 0.1) is 0 Å². The topological polar surface area (TPSA) is 32.3 Å². The van der Waals surface area contributed by atoms with Crippen LogP contribution in [-0.2, 0) is 4.79 Å². The van der Waals surface area contributed by atoms with Gasteiger partial charge >= 0.3 is 0 Å². The quantitative estimate of drug-likeness (QED) is 0.766. The third-order valence-electron chi connectivity index (χ3n) is 1.76. The summed E-state index contributed by atoms with van der Waals surface area (Å²) in [6.07, 6.45) is 0. The molecular weight excluding hydrogens is 235 g/mol. The van der Waals surface area contributed by atoms with Gasteiger partial charge < -0.3 is 10.2 Å². The molecule has 15 heavy (non-hydrogen) atoms. The van der Waals surface area contributed by atoms with Crippen molar-refractivity contribution in [1.82, 2.24) is 10.2 Å². The van der Waals surface area contributed by atoms with Crippen LogP contribution in [0.2, 0.25) is 0 Å². The lowest BCUT2D eigenvalue weighted by Gasteiger charge is -2.18. The van der Waals surface area contributed by atoms with Crippen LogP contribution >= 0.6 is 23.2 Å². The Morgan fingerprint density at radius 2 is 1.53 bits per heavy atom. The molecule has 92 valence electrons. The summed E-state index contributed by atoms with van der Waals surface area (Å²) in [5.41, 5.74) is 0. The lowest BCUT2D eigenvalue weighted by molar-refractivity contribution is -0.128. The van der Waals surface area contributed by atoms with Gasteiger partial charge in [-0.25, -0.2) is 0 Å². The molecule has 0 atom stereocenters. The smallest absolute Gasteiger partial charge is 0.255 e. The van der Waals surface area contributed by atoms with E-state index in [4.69, 9.17) is 23.2 Å². The molecule has 0 aromatic heterocycles. The Morgan fingerprint density at radius 1 is 1.13 bits per heavy atom. The van der Waals surface area contributed by atoms with Crippen molar-refractivity contribution in [2.24, 2.45) is 0 Å². The summed E-state index contributed by atoms with van der Waals surface area (Å²) in [7, 11) is 0. The summed E-state index contributed by atoms with van der Waals surface area (Å²) in [5, 5.41) is 3.11. The lowest BCUT2D eigenvalue weighted by atomic mass is 10.5. The van der Waals surface area contributed by atoms with Gasteiger partial charge in [-0.2, -0.15) is 0 Å². The van der Waals surface area contributed by atoms with E-state index in [-0.39, 0.29) is 5.91 Å². The van der Waals surface area contributed by atoms with E-state index in [0.29, 0.717) is 13.1 Å². The monoisotopic (exact) mass is 256 g/mol. The van der Waals surface area contributed by atoms with Gasteiger partial charge in [-0.3, -0.25) is 4.79 Å². The molecule has 5 heteroatoms. The van der Waals surface area contributed by atoms with Gasteiger partial charge in [0.2, 0.25) is 0 Å². The fourth-order valence-electron chi connectivity index (χ4n) is 0.923. The zero-order chi connectivity index (χ0) is 12.3. The highest BCUT2D eigenvalue weighted by atomic mass is 35.5. The van der Waals surface area contributed by atoms with Crippen LogP contribution in [0.15, 0.2) is 0 Å². The Morgan fingerprint density at radius 3 is 1.60 bits per heavy atom. The summed E-state index contributed by atoms with van der Waals surface area (Å²) in [6.45, 7) is 11.5. The first-order chi connectivity index (χ1) is 7.04. The van der Waals surface area contributed by atoms with Gasteiger partial charge in [0.1, 0.15) is 0 Å². The molecule has 0 radical (unpaired) electrons. The van der Waals surface area contributed by atoms with Crippen molar-refractivity contribution in [3.05, 3.63) is 0 Å². The number of carbonyl (C=O) groups is 1. The molecular formula is C10H22Cl2N2O. The zero-order valence-electron chi connectivity index (χ0n) is 10.0. The van der Waals surface area contributed by atoms with Crippen LogP contribution in [0.4, 0.5) is 0 Å². The van der Waals surface area contributed by atoms with Gasteiger partial charge in [0.15, 0.2) is 4.84 Å². The van der Waals surface area contributed by atoms with Crippen molar-refractivity contribution in [2.75, 3.05) is 26.2 Å². The van der Waals surface area contributed by atoms with Crippen LogP contribution in [0.25, 0.3) is 0 Å². The Balaban J connectivity index is 0. The maximum atomic E-state index is 11.0. The third-order valence-corrected chi connectivity index (χ3v) is 2.14. The predicted octanol–water partition coefficient (Wildman–Crippen LogP) is 2.27. The highest BCUT2D eigenvalue weighted by molar-refractivity contribution is 6.53. The van der Waals surface area contributed by atoms with Crippen LogP contribution < -0.4 is 5.32 Å². The van der Waals surface area contributed by atoms with E-state index in [1.807, 2.05) is 13.8 Å². The first-order valence-electron chi connectivity index (χ1n) is 5.32. The van der Waals surface area contributed by atoms with Crippen molar-refractivity contribution >= 4 is 29.1 Å². The summed E-state index contributed by atoms with van der Waals surface area (Å²) >= 11 is 10.7. The minimum Gasteiger partial charge on any atom is -0.341 e. The summed E-state index contributed by atoms with van der Waals surface area (Å²) in [6, 6.07) is 0. The molecule has 3 nitrogen and oxygen atoms in total. The molecule has 0 unspecified atom stereocenters. The van der Waals surface area contributed by atoms with Gasteiger partial charge in [-0.05, 0) is 26.9 Å². The first kappa shape index (κ1) is 17.4. The minimum absolute atomic E-state index is 0.215. The summed E-state index contributed by atoms with van der Waals surface area (Å²) in [4.78, 5) is 11.6. The number of nitrogens with zero attached hydrogens (tertiary/aromatic N) is 1. The molecule has 1 N–H and O–H groups in total. The lowest BCUT2D eigenvalue weighted by Crippen LogP contribution is -2.34. The molecule has 0 aromatic carbocycles. The second-order valence-electron chi connectivity index (χ2n) is 2.77. The second-order valence-corrected chi connectivity index (χ2v) is 3.86. The van der Waals surface area contributed by atoms with Crippen molar-refractivity contribution in [3.8, 4) is 0 Å². The van der Waals surface area contributed by atoms with E-state index in [9.17, 15) is 4.79 Å². The summed E-state index contributed by atoms with van der Waals surface area (Å²) in [5.74, 6) is -0.215. The zero-order valence-corrected chi connectivity index (χ0v) is 11.5. The normalized spacial score (nSPS) is 9.53. The number of nitrogens with one attached hydrogen (secondary N) is 1. The fourth-order valence-corrected chi connectivity index (χ4v) is 1.20. The van der Waals surface area contributed by atoms with Crippen molar-refractivity contribution in [3.63, 3.8) is 0 Å². The molecule has 0 saturated heterocycles. The van der Waals surface area contributed by atoms with Crippen LogP contribution in [0.3, 0.4) is 0 Å². The highest BCUT2D eigenvalue weighted by Crippen LogP contribution is 2.05. The SMILES string of the molecule is CCN(CC)C(=O)C(Cl)Cl.CCNCC. The Bertz CT molecular complexity index is 148. The van der Waals surface area contributed by atoms with E-state index in [1.54, 1.807) is 4.90 Å². The molecule has 0 rings (SSSR count). The van der Waals surface area contributed by atoms with Gasteiger partial charge in [0.25, 0.3) is 5.91 Å². The largest absolute Gasteiger partial charge is 0.341 e. The van der Waals surface area contributed by atoms with Crippen LogP contribution in [0.1, 0.15) is 27.7 Å². The molecule has 0 aliphatic rings. The second kappa shape index (κ2) is 12.1. The summed E-state index contributed by atoms with van der Waals surface area (Å²) < 4.78 is 0. The van der Waals surface area contributed by atoms with Gasteiger partial charge in [0.05, 0.1) is 0 Å². The number of alkyl halides is 2. The molecule has 0 aliphatic heterocycles. The standard InChI is InChI=1S/C6H11Cl2NO.C4H11N/c1-3-9(4-2)6(10)5(7)8;1-3-5-4-2/h5H,3-4H2,1-2H3;5H,3-4H2,1-2H3. The number of amides is 1. The molecule has 1 amide bonds. The highest BCUT2D eigenvalue weighted by Gasteiger charge is 2.16. The number of hydrogen-bond donors (Lipinski definition) is 1. The Hall–Kier alpha value is 0.01000. The molecule has 0 aromatic rings. The molecule has 0 saturated carbocycles. The van der Waals surface area contributed by atoms with Gasteiger partial charge in [-0.15, -0.1) is 0 Å². The minimum atomic E-state index is -0.917. The average Bonchev–Trinajstić information content (AvgIpc) is 2.21. The number of hydrogen-bond acceptors (Lipinski definition) is 2.